The Morgan fingerprint density at radius 3 is 2.56 bits per heavy atom. The van der Waals surface area contributed by atoms with Crippen LogP contribution in [-0.2, 0) is 16.6 Å². The van der Waals surface area contributed by atoms with E-state index in [1.165, 1.54) is 0 Å². The van der Waals surface area contributed by atoms with Gasteiger partial charge in [0, 0.05) is 19.6 Å². The van der Waals surface area contributed by atoms with Crippen LogP contribution in [0.4, 0.5) is 0 Å². The summed E-state index contributed by atoms with van der Waals surface area (Å²) in [5.41, 5.74) is 7.07. The van der Waals surface area contributed by atoms with Crippen molar-refractivity contribution in [3.63, 3.8) is 0 Å². The molecule has 5 nitrogen and oxygen atoms in total. The molecule has 1 rings (SSSR count). The fourth-order valence-electron chi connectivity index (χ4n) is 1.54. The monoisotopic (exact) mass is 271 g/mol. The average Bonchev–Trinajstić information content (AvgIpc) is 2.28. The Bertz CT molecular complexity index is 498. The highest BCUT2D eigenvalue weighted by atomic mass is 32.2. The van der Waals surface area contributed by atoms with Crippen LogP contribution in [0.1, 0.15) is 11.1 Å². The Hall–Kier alpha value is -0.950. The number of sulfonamides is 1. The fraction of sp³-hybridized carbons (Fsp3) is 0.500. The van der Waals surface area contributed by atoms with Gasteiger partial charge in [0.25, 0.3) is 0 Å². The Labute approximate surface area is 109 Å². The Kier molecular flexibility index (Phi) is 5.28. The minimum absolute atomic E-state index is 0.309. The van der Waals surface area contributed by atoms with Gasteiger partial charge in [0.2, 0.25) is 10.0 Å². The van der Waals surface area contributed by atoms with Gasteiger partial charge in [-0.3, -0.25) is 0 Å². The second-order valence-electron chi connectivity index (χ2n) is 4.51. The first-order chi connectivity index (χ1) is 8.36. The number of aryl methyl sites for hydroxylation is 1. The van der Waals surface area contributed by atoms with Crippen LogP contribution >= 0.6 is 0 Å². The van der Waals surface area contributed by atoms with Crippen LogP contribution in [-0.4, -0.2) is 40.5 Å². The van der Waals surface area contributed by atoms with Gasteiger partial charge in [-0.05, 0) is 38.2 Å². The summed E-state index contributed by atoms with van der Waals surface area (Å²) in [4.78, 5) is 2.23. The van der Waals surface area contributed by atoms with Crippen LogP contribution in [0.2, 0.25) is 0 Å². The number of nitrogens with one attached hydrogen (secondary N) is 1. The van der Waals surface area contributed by atoms with Gasteiger partial charge in [-0.2, -0.15) is 0 Å². The van der Waals surface area contributed by atoms with Crippen LogP contribution in [0.25, 0.3) is 0 Å². The first kappa shape index (κ1) is 15.1. The van der Waals surface area contributed by atoms with Crippen molar-refractivity contribution in [3.05, 3.63) is 29.3 Å². The molecule has 0 atom stereocenters. The predicted molar refractivity (Wildman–Crippen MR) is 72.8 cm³/mol. The molecule has 0 fully saturated rings. The number of likely N-dealkylation sites (N-methyl/N-ethyl adjacent to an activating group) is 1. The first-order valence-electron chi connectivity index (χ1n) is 5.81. The first-order valence-corrected chi connectivity index (χ1v) is 7.29. The highest BCUT2D eigenvalue weighted by molar-refractivity contribution is 7.89. The Balaban J connectivity index is 2.90. The van der Waals surface area contributed by atoms with Crippen molar-refractivity contribution >= 4 is 10.0 Å². The molecule has 0 amide bonds. The molecule has 1 aromatic rings. The number of benzene rings is 1. The molecule has 0 saturated carbocycles. The molecule has 1 aromatic carbocycles. The van der Waals surface area contributed by atoms with Gasteiger partial charge in [-0.25, -0.2) is 13.1 Å². The molecule has 0 aliphatic heterocycles. The molecule has 0 bridgehead atoms. The molecule has 0 spiro atoms. The normalized spacial score (nSPS) is 12.1. The molecule has 0 aliphatic carbocycles. The smallest absolute Gasteiger partial charge is 0.240 e. The average molecular weight is 271 g/mol. The van der Waals surface area contributed by atoms with Gasteiger partial charge in [-0.1, -0.05) is 12.1 Å². The summed E-state index contributed by atoms with van der Waals surface area (Å²) >= 11 is 0. The summed E-state index contributed by atoms with van der Waals surface area (Å²) in [6, 6.07) is 5.25. The zero-order chi connectivity index (χ0) is 13.8. The molecule has 18 heavy (non-hydrogen) atoms. The number of nitrogens with two attached hydrogens (primary N) is 1. The third-order valence-corrected chi connectivity index (χ3v) is 4.23. The summed E-state index contributed by atoms with van der Waals surface area (Å²) in [7, 11) is 0.343. The molecular weight excluding hydrogens is 250 g/mol. The van der Waals surface area contributed by atoms with Gasteiger partial charge in [-0.15, -0.1) is 0 Å². The van der Waals surface area contributed by atoms with E-state index in [4.69, 9.17) is 5.73 Å². The van der Waals surface area contributed by atoms with Gasteiger partial charge in [0.1, 0.15) is 0 Å². The van der Waals surface area contributed by atoms with Crippen molar-refractivity contribution in [2.24, 2.45) is 5.73 Å². The molecule has 102 valence electrons. The lowest BCUT2D eigenvalue weighted by atomic mass is 10.1. The molecule has 0 saturated heterocycles. The number of rotatable bonds is 6. The fourth-order valence-corrected chi connectivity index (χ4v) is 2.86. The molecule has 0 aromatic heterocycles. The van der Waals surface area contributed by atoms with E-state index in [9.17, 15) is 8.42 Å². The maximum absolute atomic E-state index is 12.1. The molecule has 3 N–H and O–H groups in total. The van der Waals surface area contributed by atoms with E-state index in [0.29, 0.717) is 24.5 Å². The Morgan fingerprint density at radius 2 is 2.00 bits per heavy atom. The summed E-state index contributed by atoms with van der Waals surface area (Å²) in [6.07, 6.45) is 0. The van der Waals surface area contributed by atoms with E-state index >= 15 is 0 Å². The van der Waals surface area contributed by atoms with Crippen molar-refractivity contribution in [1.29, 1.82) is 0 Å². The SMILES string of the molecule is Cc1ccc(CN)cc1S(=O)(=O)NCCN(C)C. The van der Waals surface area contributed by atoms with E-state index in [2.05, 4.69) is 4.72 Å². The maximum atomic E-state index is 12.1. The minimum Gasteiger partial charge on any atom is -0.326 e. The molecule has 6 heteroatoms. The van der Waals surface area contributed by atoms with Crippen LogP contribution in [0.5, 0.6) is 0 Å². The second-order valence-corrected chi connectivity index (χ2v) is 6.24. The van der Waals surface area contributed by atoms with E-state index in [0.717, 1.165) is 11.1 Å². The van der Waals surface area contributed by atoms with Gasteiger partial charge >= 0.3 is 0 Å². The van der Waals surface area contributed by atoms with Gasteiger partial charge < -0.3 is 10.6 Å². The van der Waals surface area contributed by atoms with Gasteiger partial charge in [0.05, 0.1) is 4.90 Å². The summed E-state index contributed by atoms with van der Waals surface area (Å²) < 4.78 is 26.9. The van der Waals surface area contributed by atoms with Crippen LogP contribution in [0, 0.1) is 6.92 Å². The van der Waals surface area contributed by atoms with E-state index < -0.39 is 10.0 Å². The molecular formula is C12H21N3O2S. The lowest BCUT2D eigenvalue weighted by molar-refractivity contribution is 0.412. The third-order valence-electron chi connectivity index (χ3n) is 2.63. The van der Waals surface area contributed by atoms with Crippen molar-refractivity contribution in [3.8, 4) is 0 Å². The number of hydrogen-bond acceptors (Lipinski definition) is 4. The van der Waals surface area contributed by atoms with Crippen molar-refractivity contribution < 1.29 is 8.42 Å². The largest absolute Gasteiger partial charge is 0.326 e. The van der Waals surface area contributed by atoms with Crippen molar-refractivity contribution in [2.75, 3.05) is 27.2 Å². The summed E-state index contributed by atoms with van der Waals surface area (Å²) in [5, 5.41) is 0. The van der Waals surface area contributed by atoms with E-state index in [-0.39, 0.29) is 0 Å². The van der Waals surface area contributed by atoms with Gasteiger partial charge in [0.15, 0.2) is 0 Å². The number of nitrogens with zero attached hydrogens (tertiary/aromatic N) is 1. The minimum atomic E-state index is -3.45. The Morgan fingerprint density at radius 1 is 1.33 bits per heavy atom. The van der Waals surface area contributed by atoms with Crippen LogP contribution in [0.3, 0.4) is 0 Å². The molecule has 0 unspecified atom stereocenters. The molecule has 0 radical (unpaired) electrons. The van der Waals surface area contributed by atoms with Crippen molar-refractivity contribution in [1.82, 2.24) is 9.62 Å². The van der Waals surface area contributed by atoms with Crippen molar-refractivity contribution in [2.45, 2.75) is 18.4 Å². The molecule has 0 heterocycles. The predicted octanol–water partition coefficient (Wildman–Crippen LogP) is 0.294. The highest BCUT2D eigenvalue weighted by Crippen LogP contribution is 2.16. The van der Waals surface area contributed by atoms with E-state index in [1.54, 1.807) is 19.1 Å². The quantitative estimate of drug-likeness (QED) is 0.780. The maximum Gasteiger partial charge on any atom is 0.240 e. The lowest BCUT2D eigenvalue weighted by Gasteiger charge is -2.13. The molecule has 0 aliphatic rings. The summed E-state index contributed by atoms with van der Waals surface area (Å²) in [6.45, 7) is 3.16. The topological polar surface area (TPSA) is 75.4 Å². The number of hydrogen-bond donors (Lipinski definition) is 2. The zero-order valence-corrected chi connectivity index (χ0v) is 11.9. The second kappa shape index (κ2) is 6.29. The standard InChI is InChI=1S/C12H21N3O2S/c1-10-4-5-11(9-13)8-12(10)18(16,17)14-6-7-15(2)3/h4-5,8,14H,6-7,9,13H2,1-3H3. The summed E-state index contributed by atoms with van der Waals surface area (Å²) in [5.74, 6) is 0. The highest BCUT2D eigenvalue weighted by Gasteiger charge is 2.16. The van der Waals surface area contributed by atoms with Crippen LogP contribution in [0.15, 0.2) is 23.1 Å². The zero-order valence-electron chi connectivity index (χ0n) is 11.1. The lowest BCUT2D eigenvalue weighted by Crippen LogP contribution is -2.31. The third kappa shape index (κ3) is 4.06. The van der Waals surface area contributed by atoms with Crippen LogP contribution < -0.4 is 10.5 Å². The van der Waals surface area contributed by atoms with E-state index in [1.807, 2.05) is 25.1 Å².